The van der Waals surface area contributed by atoms with Crippen molar-refractivity contribution >= 4 is 5.78 Å². The maximum absolute atomic E-state index is 11.6. The van der Waals surface area contributed by atoms with Gasteiger partial charge in [-0.25, -0.2) is 0 Å². The fourth-order valence-corrected chi connectivity index (χ4v) is 1.81. The third kappa shape index (κ3) is 2.31. The zero-order chi connectivity index (χ0) is 10.2. The normalized spacial score (nSPS) is 32.2. The lowest BCUT2D eigenvalue weighted by molar-refractivity contribution is -0.129. The topological polar surface area (TPSA) is 20.3 Å². The molecule has 0 spiro atoms. The smallest absolute Gasteiger partial charge is 0.150 e. The number of rotatable bonds is 0. The Kier molecular flexibility index (Phi) is 2.81. The first-order valence-electron chi connectivity index (χ1n) is 5.05. The number of piperidine rings is 1. The van der Waals surface area contributed by atoms with Crippen LogP contribution in [0.25, 0.3) is 0 Å². The van der Waals surface area contributed by atoms with E-state index in [1.165, 1.54) is 0 Å². The van der Waals surface area contributed by atoms with Crippen LogP contribution in [0.2, 0.25) is 0 Å². The van der Waals surface area contributed by atoms with E-state index in [-0.39, 0.29) is 11.5 Å². The Bertz CT molecular complexity index is 205. The van der Waals surface area contributed by atoms with E-state index >= 15 is 0 Å². The number of hydrogen-bond donors (Lipinski definition) is 0. The van der Waals surface area contributed by atoms with Crippen molar-refractivity contribution in [1.82, 2.24) is 4.90 Å². The van der Waals surface area contributed by atoms with Crippen LogP contribution < -0.4 is 0 Å². The molecule has 0 radical (unpaired) electrons. The zero-order valence-electron chi connectivity index (χ0n) is 9.42. The predicted molar refractivity (Wildman–Crippen MR) is 54.7 cm³/mol. The van der Waals surface area contributed by atoms with Crippen molar-refractivity contribution in [2.75, 3.05) is 13.6 Å². The van der Waals surface area contributed by atoms with Crippen LogP contribution in [0.3, 0.4) is 0 Å². The average molecular weight is 183 g/mol. The van der Waals surface area contributed by atoms with Gasteiger partial charge < -0.3 is 0 Å². The zero-order valence-corrected chi connectivity index (χ0v) is 9.42. The Morgan fingerprint density at radius 2 is 1.92 bits per heavy atom. The van der Waals surface area contributed by atoms with Crippen LogP contribution in [0.1, 0.15) is 34.1 Å². The van der Waals surface area contributed by atoms with Gasteiger partial charge >= 0.3 is 0 Å². The summed E-state index contributed by atoms with van der Waals surface area (Å²) in [5, 5.41) is 0. The highest BCUT2D eigenvalue weighted by atomic mass is 16.1. The lowest BCUT2D eigenvalue weighted by Gasteiger charge is -2.40. The van der Waals surface area contributed by atoms with Crippen LogP contribution in [0, 0.1) is 11.3 Å². The number of carbonyl (C=O) groups is 1. The minimum atomic E-state index is 0.124. The lowest BCUT2D eigenvalue weighted by atomic mass is 9.75. The number of Topliss-reactive ketones (excluding diaryl/α,β-unsaturated/α-hetero) is 1. The van der Waals surface area contributed by atoms with E-state index in [9.17, 15) is 4.79 Å². The summed E-state index contributed by atoms with van der Waals surface area (Å²) in [6.07, 6.45) is 0.759. The molecule has 0 bridgehead atoms. The Morgan fingerprint density at radius 1 is 1.38 bits per heavy atom. The van der Waals surface area contributed by atoms with Crippen molar-refractivity contribution in [3.05, 3.63) is 0 Å². The third-order valence-corrected chi connectivity index (χ3v) is 3.31. The summed E-state index contributed by atoms with van der Waals surface area (Å²) in [6, 6.07) is 0.124. The molecule has 1 aliphatic heterocycles. The number of ketones is 1. The van der Waals surface area contributed by atoms with Crippen molar-refractivity contribution in [2.24, 2.45) is 11.3 Å². The molecule has 0 aromatic carbocycles. The molecule has 2 nitrogen and oxygen atoms in total. The van der Waals surface area contributed by atoms with Gasteiger partial charge in [-0.05, 0) is 25.3 Å². The number of likely N-dealkylation sites (tertiary alicyclic amines) is 1. The molecule has 2 heteroatoms. The van der Waals surface area contributed by atoms with Gasteiger partial charge in [0.2, 0.25) is 0 Å². The second-order valence-corrected chi connectivity index (χ2v) is 5.35. The van der Waals surface area contributed by atoms with Gasteiger partial charge in [-0.15, -0.1) is 0 Å². The van der Waals surface area contributed by atoms with E-state index in [1.807, 2.05) is 14.0 Å². The number of likely N-dealkylation sites (N-methyl/N-ethyl adjacent to an activating group) is 1. The van der Waals surface area contributed by atoms with Crippen molar-refractivity contribution in [2.45, 2.75) is 40.2 Å². The summed E-state index contributed by atoms with van der Waals surface area (Å²) in [7, 11) is 2.04. The average Bonchev–Trinajstić information content (AvgIpc) is 1.97. The molecule has 2 atom stereocenters. The lowest BCUT2D eigenvalue weighted by Crippen LogP contribution is -2.48. The van der Waals surface area contributed by atoms with Gasteiger partial charge in [0, 0.05) is 13.0 Å². The van der Waals surface area contributed by atoms with Crippen LogP contribution in [0.5, 0.6) is 0 Å². The van der Waals surface area contributed by atoms with Gasteiger partial charge in [0.15, 0.2) is 0 Å². The first kappa shape index (κ1) is 10.7. The Hall–Kier alpha value is -0.370. The van der Waals surface area contributed by atoms with E-state index in [1.54, 1.807) is 0 Å². The molecule has 1 aliphatic rings. The maximum Gasteiger partial charge on any atom is 0.150 e. The molecule has 0 amide bonds. The van der Waals surface area contributed by atoms with Gasteiger partial charge in [0.05, 0.1) is 6.04 Å². The molecule has 0 unspecified atom stereocenters. The summed E-state index contributed by atoms with van der Waals surface area (Å²) < 4.78 is 0. The van der Waals surface area contributed by atoms with Crippen molar-refractivity contribution < 1.29 is 4.79 Å². The van der Waals surface area contributed by atoms with Gasteiger partial charge in [0.1, 0.15) is 5.78 Å². The molecule has 76 valence electrons. The van der Waals surface area contributed by atoms with E-state index < -0.39 is 0 Å². The Labute approximate surface area is 81.3 Å². The first-order valence-corrected chi connectivity index (χ1v) is 5.05. The number of hydrogen-bond acceptors (Lipinski definition) is 2. The summed E-state index contributed by atoms with van der Waals surface area (Å²) in [5.41, 5.74) is 0.254. The monoisotopic (exact) mass is 183 g/mol. The molecule has 1 saturated heterocycles. The first-order chi connectivity index (χ1) is 5.82. The second kappa shape index (κ2) is 3.41. The maximum atomic E-state index is 11.6. The Morgan fingerprint density at radius 3 is 2.31 bits per heavy atom. The van der Waals surface area contributed by atoms with Crippen molar-refractivity contribution in [1.29, 1.82) is 0 Å². The van der Waals surface area contributed by atoms with Gasteiger partial charge in [0.25, 0.3) is 0 Å². The second-order valence-electron chi connectivity index (χ2n) is 5.35. The predicted octanol–water partition coefficient (Wildman–Crippen LogP) is 1.94. The Balaban J connectivity index is 2.69. The van der Waals surface area contributed by atoms with E-state index in [0.29, 0.717) is 11.7 Å². The highest BCUT2D eigenvalue weighted by Gasteiger charge is 2.35. The fraction of sp³-hybridized carbons (Fsp3) is 0.909. The SMILES string of the molecule is C[C@@H]1C(=O)C[C@@H](C(C)(C)C)CN1C. The van der Waals surface area contributed by atoms with Crippen LogP contribution in [0.4, 0.5) is 0 Å². The van der Waals surface area contributed by atoms with Crippen LogP contribution in [-0.4, -0.2) is 30.3 Å². The molecule has 1 rings (SSSR count). The quantitative estimate of drug-likeness (QED) is 0.572. The summed E-state index contributed by atoms with van der Waals surface area (Å²) >= 11 is 0. The highest BCUT2D eigenvalue weighted by Crippen LogP contribution is 2.33. The summed E-state index contributed by atoms with van der Waals surface area (Å²) in [4.78, 5) is 13.8. The summed E-state index contributed by atoms with van der Waals surface area (Å²) in [6.45, 7) is 9.70. The number of carbonyl (C=O) groups excluding carboxylic acids is 1. The molecule has 0 N–H and O–H groups in total. The third-order valence-electron chi connectivity index (χ3n) is 3.31. The molecule has 1 heterocycles. The highest BCUT2D eigenvalue weighted by molar-refractivity contribution is 5.84. The molecular weight excluding hydrogens is 162 g/mol. The van der Waals surface area contributed by atoms with Crippen LogP contribution >= 0.6 is 0 Å². The van der Waals surface area contributed by atoms with Crippen molar-refractivity contribution in [3.8, 4) is 0 Å². The number of nitrogens with zero attached hydrogens (tertiary/aromatic N) is 1. The standard InChI is InChI=1S/C11H21NO/c1-8-10(13)6-9(7-12(8)5)11(2,3)4/h8-9H,6-7H2,1-5H3/t8-,9-/m1/s1. The largest absolute Gasteiger partial charge is 0.298 e. The van der Waals surface area contributed by atoms with Crippen LogP contribution in [-0.2, 0) is 4.79 Å². The molecule has 0 aliphatic carbocycles. The molecule has 0 saturated carbocycles. The minimum Gasteiger partial charge on any atom is -0.298 e. The molecule has 1 fully saturated rings. The van der Waals surface area contributed by atoms with E-state index in [2.05, 4.69) is 25.7 Å². The van der Waals surface area contributed by atoms with Crippen LogP contribution in [0.15, 0.2) is 0 Å². The van der Waals surface area contributed by atoms with Gasteiger partial charge in [-0.3, -0.25) is 9.69 Å². The van der Waals surface area contributed by atoms with Gasteiger partial charge in [-0.1, -0.05) is 20.8 Å². The fourth-order valence-electron chi connectivity index (χ4n) is 1.81. The summed E-state index contributed by atoms with van der Waals surface area (Å²) in [5.74, 6) is 0.912. The van der Waals surface area contributed by atoms with Gasteiger partial charge in [-0.2, -0.15) is 0 Å². The van der Waals surface area contributed by atoms with E-state index in [4.69, 9.17) is 0 Å². The molecule has 13 heavy (non-hydrogen) atoms. The molecular formula is C11H21NO. The van der Waals surface area contributed by atoms with Crippen molar-refractivity contribution in [3.63, 3.8) is 0 Å². The minimum absolute atomic E-state index is 0.124. The molecule has 0 aromatic heterocycles. The molecule has 0 aromatic rings. The van der Waals surface area contributed by atoms with E-state index in [0.717, 1.165) is 13.0 Å².